The molecule has 1 N–H and O–H groups in total. The smallest absolute Gasteiger partial charge is 0.401 e. The van der Waals surface area contributed by atoms with Gasteiger partial charge in [0.1, 0.15) is 0 Å². The minimum absolute atomic E-state index is 0.529. The van der Waals surface area contributed by atoms with Gasteiger partial charge >= 0.3 is 11.4 Å². The van der Waals surface area contributed by atoms with Gasteiger partial charge in [0, 0.05) is 6.92 Å². The third-order valence-corrected chi connectivity index (χ3v) is 3.20. The molecule has 2 rings (SSSR count). The second-order valence-electron chi connectivity index (χ2n) is 4.90. The van der Waals surface area contributed by atoms with Gasteiger partial charge in [0.2, 0.25) is 0 Å². The third kappa shape index (κ3) is 1.60. The molecule has 0 bridgehead atoms. The maximum absolute atomic E-state index is 11.9. The van der Waals surface area contributed by atoms with Crippen LogP contribution in [0.25, 0.3) is 0 Å². The summed E-state index contributed by atoms with van der Waals surface area (Å²) in [5.41, 5.74) is 2.14. The van der Waals surface area contributed by atoms with Crippen LogP contribution >= 0.6 is 0 Å². The lowest BCUT2D eigenvalue weighted by molar-refractivity contribution is -0.915. The molecule has 1 aromatic carbocycles. The topological polar surface area (TPSA) is 49.3 Å². The number of aryl methyl sites for hydroxylation is 1. The van der Waals surface area contributed by atoms with Crippen molar-refractivity contribution in [1.82, 2.24) is 0 Å². The molecule has 1 aliphatic rings. The largest absolute Gasteiger partial charge is 0.618 e. The lowest BCUT2D eigenvalue weighted by Gasteiger charge is -2.11. The van der Waals surface area contributed by atoms with Crippen LogP contribution in [0, 0.1) is 12.1 Å². The van der Waals surface area contributed by atoms with E-state index in [0.717, 1.165) is 20.6 Å². The summed E-state index contributed by atoms with van der Waals surface area (Å²) in [4.78, 5) is 0. The first-order chi connectivity index (χ1) is 7.85. The van der Waals surface area contributed by atoms with E-state index in [4.69, 9.17) is 0 Å². The van der Waals surface area contributed by atoms with Crippen molar-refractivity contribution < 1.29 is 14.7 Å². The number of hydrogen-bond acceptors (Lipinski definition) is 2. The summed E-state index contributed by atoms with van der Waals surface area (Å²) < 4.78 is 1.88. The predicted molar refractivity (Wildman–Crippen MR) is 65.7 cm³/mol. The highest BCUT2D eigenvalue weighted by Crippen LogP contribution is 2.19. The van der Waals surface area contributed by atoms with E-state index in [1.807, 2.05) is 31.2 Å². The molecule has 17 heavy (non-hydrogen) atoms. The van der Waals surface area contributed by atoms with E-state index < -0.39 is 5.66 Å². The fourth-order valence-corrected chi connectivity index (χ4v) is 2.06. The van der Waals surface area contributed by atoms with Crippen molar-refractivity contribution in [1.29, 1.82) is 0 Å². The van der Waals surface area contributed by atoms with Crippen LogP contribution in [-0.2, 0) is 0 Å². The minimum atomic E-state index is -0.954. The Hall–Kier alpha value is -1.84. The number of rotatable bonds is 1. The Balaban J connectivity index is 2.60. The zero-order valence-electron chi connectivity index (χ0n) is 10.6. The van der Waals surface area contributed by atoms with Crippen LogP contribution in [-0.4, -0.2) is 31.8 Å². The molecule has 0 radical (unpaired) electrons. The van der Waals surface area contributed by atoms with Crippen LogP contribution in [0.2, 0.25) is 0 Å². The molecular weight excluding hydrogens is 216 g/mol. The molecule has 0 amide bonds. The van der Waals surface area contributed by atoms with Crippen molar-refractivity contribution in [3.8, 4) is 0 Å². The Morgan fingerprint density at radius 3 is 2.06 bits per heavy atom. The van der Waals surface area contributed by atoms with E-state index in [2.05, 4.69) is 0 Å². The maximum atomic E-state index is 11.9. The molecule has 0 aliphatic carbocycles. The molecule has 1 aliphatic heterocycles. The molecule has 4 heteroatoms. The van der Waals surface area contributed by atoms with E-state index in [9.17, 15) is 10.4 Å². The fraction of sp³-hybridized carbons (Fsp3) is 0.385. The van der Waals surface area contributed by atoms with Crippen LogP contribution < -0.4 is 0 Å². The van der Waals surface area contributed by atoms with Crippen molar-refractivity contribution in [2.45, 2.75) is 33.4 Å². The van der Waals surface area contributed by atoms with E-state index in [-0.39, 0.29) is 0 Å². The molecule has 0 atom stereocenters. The van der Waals surface area contributed by atoms with E-state index >= 15 is 0 Å². The van der Waals surface area contributed by atoms with Crippen LogP contribution in [0.4, 0.5) is 0 Å². The van der Waals surface area contributed by atoms with Gasteiger partial charge in [0.15, 0.2) is 0 Å². The molecule has 0 unspecified atom stereocenters. The molecule has 0 saturated carbocycles. The highest BCUT2D eigenvalue weighted by Gasteiger charge is 2.52. The molecular formula is C13H17N2O2+. The van der Waals surface area contributed by atoms with Crippen LogP contribution in [0.3, 0.4) is 0 Å². The van der Waals surface area contributed by atoms with E-state index in [1.54, 1.807) is 20.8 Å². The summed E-state index contributed by atoms with van der Waals surface area (Å²) in [5, 5.41) is 22.1. The van der Waals surface area contributed by atoms with Crippen LogP contribution in [0.15, 0.2) is 24.3 Å². The van der Waals surface area contributed by atoms with Gasteiger partial charge in [-0.3, -0.25) is 5.21 Å². The average molecular weight is 233 g/mol. The van der Waals surface area contributed by atoms with Gasteiger partial charge in [-0.25, -0.2) is 0 Å². The maximum Gasteiger partial charge on any atom is 0.401 e. The SMILES string of the molecule is CC1=[N+]([O-])C(C)(C)[N+](O)=C1c1ccc(C)cc1. The predicted octanol–water partition coefficient (Wildman–Crippen LogP) is 1.91. The van der Waals surface area contributed by atoms with Gasteiger partial charge in [-0.2, -0.15) is 0 Å². The van der Waals surface area contributed by atoms with Crippen LogP contribution in [0.5, 0.6) is 0 Å². The number of nitrogens with zero attached hydrogens (tertiary/aromatic N) is 2. The van der Waals surface area contributed by atoms with Crippen molar-refractivity contribution in [2.75, 3.05) is 0 Å². The molecule has 90 valence electrons. The first-order valence-corrected chi connectivity index (χ1v) is 5.60. The highest BCUT2D eigenvalue weighted by molar-refractivity contribution is 6.44. The molecule has 4 nitrogen and oxygen atoms in total. The Morgan fingerprint density at radius 2 is 1.65 bits per heavy atom. The number of hydroxylamine groups is 2. The van der Waals surface area contributed by atoms with Crippen molar-refractivity contribution in [3.63, 3.8) is 0 Å². The molecule has 1 aromatic rings. The Labute approximate surface area is 101 Å². The van der Waals surface area contributed by atoms with Gasteiger partial charge in [-0.15, -0.1) is 4.74 Å². The molecule has 1 heterocycles. The van der Waals surface area contributed by atoms with Gasteiger partial charge in [-0.1, -0.05) is 17.7 Å². The van der Waals surface area contributed by atoms with E-state index in [1.165, 1.54) is 0 Å². The summed E-state index contributed by atoms with van der Waals surface area (Å²) >= 11 is 0. The molecule has 0 spiro atoms. The van der Waals surface area contributed by atoms with Crippen molar-refractivity contribution in [3.05, 3.63) is 40.6 Å². The van der Waals surface area contributed by atoms with Gasteiger partial charge in [0.25, 0.3) is 5.71 Å². The zero-order valence-corrected chi connectivity index (χ0v) is 10.6. The summed E-state index contributed by atoms with van der Waals surface area (Å²) in [5.74, 6) is 0. The normalized spacial score (nSPS) is 19.1. The first-order valence-electron chi connectivity index (χ1n) is 5.60. The average Bonchev–Trinajstić information content (AvgIpc) is 2.43. The summed E-state index contributed by atoms with van der Waals surface area (Å²) in [7, 11) is 0. The van der Waals surface area contributed by atoms with Gasteiger partial charge < -0.3 is 5.21 Å². The Morgan fingerprint density at radius 1 is 1.12 bits per heavy atom. The van der Waals surface area contributed by atoms with Crippen molar-refractivity contribution in [2.24, 2.45) is 0 Å². The quantitative estimate of drug-likeness (QED) is 0.457. The lowest BCUT2D eigenvalue weighted by Crippen LogP contribution is -2.40. The first kappa shape index (κ1) is 11.6. The standard InChI is InChI=1S/C13H17N2O2/c1-9-5-7-11(8-6-9)12-10(2)14(16)13(3,4)15(12)17/h5-8,17H,1-4H3/q+1. The van der Waals surface area contributed by atoms with Gasteiger partial charge in [0.05, 0.1) is 24.1 Å². The second kappa shape index (κ2) is 3.58. The van der Waals surface area contributed by atoms with Gasteiger partial charge in [-0.05, 0) is 19.1 Å². The summed E-state index contributed by atoms with van der Waals surface area (Å²) in [6.07, 6.45) is 0. The van der Waals surface area contributed by atoms with E-state index in [0.29, 0.717) is 11.4 Å². The lowest BCUT2D eigenvalue weighted by atomic mass is 10.1. The second-order valence-corrected chi connectivity index (χ2v) is 4.90. The summed E-state index contributed by atoms with van der Waals surface area (Å²) in [6, 6.07) is 7.74. The molecule has 0 saturated heterocycles. The Kier molecular flexibility index (Phi) is 2.45. The highest BCUT2D eigenvalue weighted by atomic mass is 16.5. The molecule has 0 aromatic heterocycles. The molecule has 0 fully saturated rings. The van der Waals surface area contributed by atoms with Crippen molar-refractivity contribution >= 4 is 11.4 Å². The van der Waals surface area contributed by atoms with Crippen LogP contribution in [0.1, 0.15) is 31.9 Å². The monoisotopic (exact) mass is 233 g/mol. The minimum Gasteiger partial charge on any atom is -0.618 e. The number of benzene rings is 1. The summed E-state index contributed by atoms with van der Waals surface area (Å²) in [6.45, 7) is 7.09. The Bertz CT molecular complexity index is 525. The zero-order chi connectivity index (χ0) is 12.8. The fourth-order valence-electron chi connectivity index (χ4n) is 2.06. The third-order valence-electron chi connectivity index (χ3n) is 3.20. The number of hydrogen-bond donors (Lipinski definition) is 1.